The Hall–Kier alpha value is -4.18. The Bertz CT molecular complexity index is 1740. The smallest absolute Gasteiger partial charge is 0.205 e. The normalized spacial score (nSPS) is 16.4. The average Bonchev–Trinajstić information content (AvgIpc) is 3.23. The van der Waals surface area contributed by atoms with Crippen LogP contribution in [0.25, 0.3) is 5.57 Å². The molecule has 0 amide bonds. The third-order valence-corrected chi connectivity index (χ3v) is 12.0. The number of anilines is 2. The van der Waals surface area contributed by atoms with Crippen LogP contribution < -0.4 is 4.90 Å². The van der Waals surface area contributed by atoms with E-state index in [0.717, 1.165) is 42.9 Å². The molecule has 0 radical (unpaired) electrons. The molecular weight excluding hydrogens is 685 g/mol. The minimum Gasteiger partial charge on any atom is -0.511 e. The Balaban J connectivity index is 1.12. The van der Waals surface area contributed by atoms with Crippen LogP contribution in [-0.4, -0.2) is 34.3 Å². The maximum Gasteiger partial charge on any atom is 0.205 e. The van der Waals surface area contributed by atoms with E-state index < -0.39 is 5.92 Å². The van der Waals surface area contributed by atoms with Gasteiger partial charge < -0.3 is 10.0 Å². The number of carbonyl (C=O) groups excluding carboxylic acids is 1. The molecule has 1 atom stereocenters. The van der Waals surface area contributed by atoms with Crippen LogP contribution in [0.4, 0.5) is 17.1 Å². The third kappa shape index (κ3) is 11.9. The first-order valence-electron chi connectivity index (χ1n) is 22.5. The van der Waals surface area contributed by atoms with Crippen LogP contribution in [0.15, 0.2) is 103 Å². The van der Waals surface area contributed by atoms with Crippen molar-refractivity contribution < 1.29 is 14.5 Å². The van der Waals surface area contributed by atoms with Crippen LogP contribution in [0.3, 0.4) is 0 Å². The Morgan fingerprint density at radius 1 is 0.571 bits per heavy atom. The summed E-state index contributed by atoms with van der Waals surface area (Å²) < 4.78 is 2.31. The minimum absolute atomic E-state index is 0.0110. The molecule has 0 fully saturated rings. The molecule has 4 nitrogen and oxygen atoms in total. The largest absolute Gasteiger partial charge is 0.511 e. The van der Waals surface area contributed by atoms with Crippen molar-refractivity contribution in [2.24, 2.45) is 11.8 Å². The van der Waals surface area contributed by atoms with Crippen molar-refractivity contribution in [3.05, 3.63) is 120 Å². The van der Waals surface area contributed by atoms with E-state index in [0.29, 0.717) is 5.57 Å². The zero-order valence-electron chi connectivity index (χ0n) is 35.3. The van der Waals surface area contributed by atoms with Crippen molar-refractivity contribution in [3.63, 3.8) is 0 Å². The fraction of sp³-hybridized carbons (Fsp3) is 0.500. The zero-order chi connectivity index (χ0) is 39.5. The molecule has 5 rings (SSSR count). The second-order valence-electron chi connectivity index (χ2n) is 16.1. The number of aliphatic hydroxyl groups is 1. The number of hydrogen-bond donors (Lipinski definition) is 1. The number of allylic oxidation sites excluding steroid dienone is 6. The van der Waals surface area contributed by atoms with Gasteiger partial charge in [0.15, 0.2) is 5.78 Å². The molecule has 2 aliphatic carbocycles. The Labute approximate surface area is 340 Å². The lowest BCUT2D eigenvalue weighted by Crippen LogP contribution is -2.35. The van der Waals surface area contributed by atoms with Gasteiger partial charge >= 0.3 is 0 Å². The maximum atomic E-state index is 13.5. The quantitative estimate of drug-likeness (QED) is 0.0692. The molecule has 1 unspecified atom stereocenters. The van der Waals surface area contributed by atoms with Crippen molar-refractivity contribution in [3.8, 4) is 0 Å². The average molecular weight is 756 g/mol. The lowest BCUT2D eigenvalue weighted by atomic mass is 9.71. The molecule has 4 heteroatoms. The maximum absolute atomic E-state index is 13.5. The van der Waals surface area contributed by atoms with Crippen molar-refractivity contribution in [2.45, 2.75) is 143 Å². The second-order valence-corrected chi connectivity index (χ2v) is 16.1. The summed E-state index contributed by atoms with van der Waals surface area (Å²) in [4.78, 5) is 15.8. The summed E-state index contributed by atoms with van der Waals surface area (Å²) in [5.74, 6) is -0.474. The topological polar surface area (TPSA) is 43.5 Å². The molecule has 0 bridgehead atoms. The van der Waals surface area contributed by atoms with Gasteiger partial charge in [-0.3, -0.25) is 4.79 Å². The number of hydrogen-bond acceptors (Lipinski definition) is 3. The third-order valence-electron chi connectivity index (χ3n) is 12.0. The van der Waals surface area contributed by atoms with Gasteiger partial charge in [-0.2, -0.15) is 4.58 Å². The standard InChI is InChI=1S/C52H70N2O2/c1-5-9-11-13-15-17-19-21-23-41-25-33-45(34-26-41)53(7-3)47-37-29-43(30-38-47)49-51(55)50(52(49)56)44-31-39-48(40-32-44)54(8-4)46-35-27-42(28-36-46)24-22-20-18-16-14-12-10-6-2/h25-40,43,49H,5-24H2,1-4H3/p+1. The summed E-state index contributed by atoms with van der Waals surface area (Å²) in [6.45, 7) is 10.6. The van der Waals surface area contributed by atoms with Gasteiger partial charge in [0.05, 0.1) is 11.5 Å². The molecular formula is C52H71N2O2+. The number of unbranched alkanes of at least 4 members (excludes halogenated alkanes) is 14. The Morgan fingerprint density at radius 3 is 1.46 bits per heavy atom. The summed E-state index contributed by atoms with van der Waals surface area (Å²) in [6.07, 6.45) is 32.2. The highest BCUT2D eigenvalue weighted by Gasteiger charge is 2.44. The van der Waals surface area contributed by atoms with E-state index in [4.69, 9.17) is 0 Å². The number of ketones is 1. The highest BCUT2D eigenvalue weighted by atomic mass is 16.3. The number of aliphatic hydroxyl groups excluding tert-OH is 1. The molecule has 0 saturated heterocycles. The van der Waals surface area contributed by atoms with Gasteiger partial charge in [-0.25, -0.2) is 0 Å². The Morgan fingerprint density at radius 2 is 1.02 bits per heavy atom. The summed E-state index contributed by atoms with van der Waals surface area (Å²) in [7, 11) is 0. The van der Waals surface area contributed by atoms with E-state index in [2.05, 4.69) is 122 Å². The highest BCUT2D eigenvalue weighted by Crippen LogP contribution is 2.43. The summed E-state index contributed by atoms with van der Waals surface area (Å²) in [5, 5.41) is 11.2. The van der Waals surface area contributed by atoms with Gasteiger partial charge in [0, 0.05) is 48.1 Å². The van der Waals surface area contributed by atoms with Crippen molar-refractivity contribution in [2.75, 3.05) is 18.0 Å². The first-order valence-corrected chi connectivity index (χ1v) is 22.5. The molecule has 0 aromatic heterocycles. The fourth-order valence-electron chi connectivity index (χ4n) is 8.52. The fourth-order valence-corrected chi connectivity index (χ4v) is 8.52. The van der Waals surface area contributed by atoms with Gasteiger partial charge in [0.25, 0.3) is 0 Å². The van der Waals surface area contributed by atoms with Gasteiger partial charge in [0.1, 0.15) is 12.3 Å². The van der Waals surface area contributed by atoms with Crippen LogP contribution in [0.5, 0.6) is 0 Å². The molecule has 56 heavy (non-hydrogen) atoms. The van der Waals surface area contributed by atoms with E-state index in [-0.39, 0.29) is 17.5 Å². The van der Waals surface area contributed by atoms with Crippen LogP contribution in [-0.2, 0) is 17.6 Å². The van der Waals surface area contributed by atoms with Gasteiger partial charge in [-0.1, -0.05) is 152 Å². The molecule has 0 saturated carbocycles. The molecule has 300 valence electrons. The first-order chi connectivity index (χ1) is 27.5. The number of Topliss-reactive ketones (excluding diaryl/α,β-unsaturated/α-hetero) is 1. The number of rotatable bonds is 25. The molecule has 2 aliphatic rings. The summed E-state index contributed by atoms with van der Waals surface area (Å²) >= 11 is 0. The monoisotopic (exact) mass is 756 g/mol. The lowest BCUT2D eigenvalue weighted by Gasteiger charge is -2.32. The van der Waals surface area contributed by atoms with Crippen LogP contribution in [0.2, 0.25) is 0 Å². The van der Waals surface area contributed by atoms with Crippen LogP contribution in [0, 0.1) is 11.8 Å². The van der Waals surface area contributed by atoms with E-state index in [1.807, 2.05) is 12.1 Å². The van der Waals surface area contributed by atoms with Gasteiger partial charge in [0.2, 0.25) is 11.4 Å². The van der Waals surface area contributed by atoms with Crippen LogP contribution in [0.1, 0.15) is 147 Å². The summed E-state index contributed by atoms with van der Waals surface area (Å²) in [5.41, 5.74) is 8.57. The number of aryl methyl sites for hydroxylation is 2. The summed E-state index contributed by atoms with van der Waals surface area (Å²) in [6, 6.07) is 26.1. The highest BCUT2D eigenvalue weighted by molar-refractivity contribution is 6.30. The molecule has 1 N–H and O–H groups in total. The van der Waals surface area contributed by atoms with E-state index >= 15 is 0 Å². The Kier molecular flexibility index (Phi) is 17.8. The number of benzene rings is 3. The van der Waals surface area contributed by atoms with Crippen molar-refractivity contribution in [1.29, 1.82) is 0 Å². The molecule has 0 heterocycles. The van der Waals surface area contributed by atoms with Gasteiger partial charge in [-0.15, -0.1) is 0 Å². The first kappa shape index (κ1) is 43.0. The molecule has 0 spiro atoms. The minimum atomic E-state index is -0.527. The number of nitrogens with zero attached hydrogens (tertiary/aromatic N) is 2. The predicted molar refractivity (Wildman–Crippen MR) is 240 cm³/mol. The van der Waals surface area contributed by atoms with E-state index in [1.165, 1.54) is 125 Å². The number of carbonyl (C=O) groups is 1. The predicted octanol–water partition coefficient (Wildman–Crippen LogP) is 14.2. The zero-order valence-corrected chi connectivity index (χ0v) is 35.3. The molecule has 3 aromatic carbocycles. The SMILES string of the molecule is CCCCCCCCCCc1ccc(N(CC)c2ccc(C3=C(O)C(C4C=CC(=[N+](CC)c5ccc(CCCCCCCCCC)cc5)C=C4)C3=O)cc2)cc1. The van der Waals surface area contributed by atoms with Gasteiger partial charge in [-0.05, 0) is 80.5 Å². The lowest BCUT2D eigenvalue weighted by molar-refractivity contribution is -0.434. The van der Waals surface area contributed by atoms with E-state index in [1.54, 1.807) is 0 Å². The van der Waals surface area contributed by atoms with Crippen LogP contribution >= 0.6 is 0 Å². The second kappa shape index (κ2) is 23.1. The van der Waals surface area contributed by atoms with E-state index in [9.17, 15) is 9.90 Å². The molecule has 0 aliphatic heterocycles. The van der Waals surface area contributed by atoms with Crippen molar-refractivity contribution >= 4 is 34.1 Å². The molecule has 3 aromatic rings. The van der Waals surface area contributed by atoms with Crippen molar-refractivity contribution in [1.82, 2.24) is 0 Å².